The van der Waals surface area contributed by atoms with Crippen molar-refractivity contribution in [1.82, 2.24) is 14.2 Å². The third-order valence-corrected chi connectivity index (χ3v) is 6.52. The minimum atomic E-state index is -3.42. The molecular weight excluding hydrogens is 318 g/mol. The zero-order valence-electron chi connectivity index (χ0n) is 12.3. The molecule has 0 atom stereocenters. The summed E-state index contributed by atoms with van der Waals surface area (Å²) in [7, 11) is -3.42. The molecule has 1 fully saturated rings. The average molecular weight is 337 g/mol. The van der Waals surface area contributed by atoms with E-state index in [2.05, 4.69) is 27.4 Å². The molecule has 1 saturated heterocycles. The van der Waals surface area contributed by atoms with Crippen LogP contribution in [0.25, 0.3) is 0 Å². The van der Waals surface area contributed by atoms with Gasteiger partial charge in [0, 0.05) is 43.4 Å². The molecule has 2 aromatic rings. The van der Waals surface area contributed by atoms with Crippen molar-refractivity contribution in [3.05, 3.63) is 46.9 Å². The molecular formula is C15H19N3O2S2. The Morgan fingerprint density at radius 2 is 2.05 bits per heavy atom. The van der Waals surface area contributed by atoms with Gasteiger partial charge in [-0.05, 0) is 36.5 Å². The monoisotopic (exact) mass is 337 g/mol. The van der Waals surface area contributed by atoms with Crippen molar-refractivity contribution < 1.29 is 8.42 Å². The molecule has 3 heterocycles. The van der Waals surface area contributed by atoms with Crippen molar-refractivity contribution in [1.29, 1.82) is 0 Å². The van der Waals surface area contributed by atoms with Gasteiger partial charge in [0.05, 0.1) is 0 Å². The first-order valence-electron chi connectivity index (χ1n) is 7.31. The highest BCUT2D eigenvalue weighted by Gasteiger charge is 2.26. The summed E-state index contributed by atoms with van der Waals surface area (Å²) in [5.74, 6) is 0. The quantitative estimate of drug-likeness (QED) is 0.857. The maximum Gasteiger partial charge on any atom is 0.244 e. The number of thiophene rings is 1. The number of pyridine rings is 1. The third-order valence-electron chi connectivity index (χ3n) is 3.78. The van der Waals surface area contributed by atoms with Crippen LogP contribution in [0, 0.1) is 0 Å². The number of rotatable bonds is 4. The van der Waals surface area contributed by atoms with Gasteiger partial charge in [0.25, 0.3) is 0 Å². The summed E-state index contributed by atoms with van der Waals surface area (Å²) < 4.78 is 26.8. The van der Waals surface area contributed by atoms with Crippen molar-refractivity contribution in [3.63, 3.8) is 0 Å². The Kier molecular flexibility index (Phi) is 4.87. The minimum absolute atomic E-state index is 0.279. The molecule has 0 aliphatic carbocycles. The average Bonchev–Trinajstić information content (AvgIpc) is 2.92. The Morgan fingerprint density at radius 3 is 2.77 bits per heavy atom. The molecule has 0 spiro atoms. The van der Waals surface area contributed by atoms with Crippen LogP contribution in [0.15, 0.2) is 46.9 Å². The molecule has 2 aromatic heterocycles. The van der Waals surface area contributed by atoms with E-state index in [0.717, 1.165) is 26.1 Å². The first kappa shape index (κ1) is 15.6. The Hall–Kier alpha value is -1.28. The van der Waals surface area contributed by atoms with E-state index in [-0.39, 0.29) is 4.90 Å². The second kappa shape index (κ2) is 6.87. The lowest BCUT2D eigenvalue weighted by atomic mass is 10.3. The fourth-order valence-electron chi connectivity index (χ4n) is 2.62. The second-order valence-electron chi connectivity index (χ2n) is 5.30. The predicted octanol–water partition coefficient (Wildman–Crippen LogP) is 2.04. The molecule has 0 radical (unpaired) electrons. The van der Waals surface area contributed by atoms with Crippen LogP contribution in [-0.2, 0) is 16.6 Å². The van der Waals surface area contributed by atoms with Crippen LogP contribution in [0.5, 0.6) is 0 Å². The van der Waals surface area contributed by atoms with E-state index in [1.165, 1.54) is 11.1 Å². The maximum atomic E-state index is 12.6. The smallest absolute Gasteiger partial charge is 0.244 e. The molecule has 0 aromatic carbocycles. The number of hydrogen-bond acceptors (Lipinski definition) is 5. The van der Waals surface area contributed by atoms with Gasteiger partial charge in [0.2, 0.25) is 10.0 Å². The van der Waals surface area contributed by atoms with Crippen LogP contribution in [0.4, 0.5) is 0 Å². The normalized spacial score (nSPS) is 18.2. The topological polar surface area (TPSA) is 53.5 Å². The van der Waals surface area contributed by atoms with Gasteiger partial charge in [-0.3, -0.25) is 9.88 Å². The molecule has 1 aliphatic rings. The van der Waals surface area contributed by atoms with Crippen LogP contribution in [0.1, 0.15) is 11.3 Å². The van der Waals surface area contributed by atoms with Gasteiger partial charge in [-0.15, -0.1) is 11.3 Å². The van der Waals surface area contributed by atoms with E-state index in [9.17, 15) is 8.42 Å². The molecule has 0 unspecified atom stereocenters. The lowest BCUT2D eigenvalue weighted by Crippen LogP contribution is -2.35. The first-order valence-corrected chi connectivity index (χ1v) is 9.63. The Morgan fingerprint density at radius 1 is 1.14 bits per heavy atom. The van der Waals surface area contributed by atoms with Gasteiger partial charge in [0.15, 0.2) is 0 Å². The second-order valence-corrected chi connectivity index (χ2v) is 8.27. The van der Waals surface area contributed by atoms with E-state index in [0.29, 0.717) is 13.1 Å². The van der Waals surface area contributed by atoms with E-state index in [4.69, 9.17) is 0 Å². The fraction of sp³-hybridized carbons (Fsp3) is 0.400. The van der Waals surface area contributed by atoms with E-state index >= 15 is 0 Å². The number of aromatic nitrogens is 1. The molecule has 1 aliphatic heterocycles. The Labute approximate surface area is 135 Å². The van der Waals surface area contributed by atoms with Crippen molar-refractivity contribution in [2.75, 3.05) is 26.2 Å². The van der Waals surface area contributed by atoms with Gasteiger partial charge in [-0.2, -0.15) is 4.31 Å². The van der Waals surface area contributed by atoms with Gasteiger partial charge in [-0.1, -0.05) is 6.07 Å². The van der Waals surface area contributed by atoms with Gasteiger partial charge >= 0.3 is 0 Å². The lowest BCUT2D eigenvalue weighted by molar-refractivity contribution is 0.281. The van der Waals surface area contributed by atoms with Crippen molar-refractivity contribution in [2.24, 2.45) is 0 Å². The number of nitrogens with zero attached hydrogens (tertiary/aromatic N) is 3. The molecule has 5 nitrogen and oxygen atoms in total. The predicted molar refractivity (Wildman–Crippen MR) is 87.2 cm³/mol. The van der Waals surface area contributed by atoms with Crippen LogP contribution < -0.4 is 0 Å². The van der Waals surface area contributed by atoms with Crippen molar-refractivity contribution >= 4 is 21.4 Å². The highest BCUT2D eigenvalue weighted by molar-refractivity contribution is 7.89. The summed E-state index contributed by atoms with van der Waals surface area (Å²) in [4.78, 5) is 7.85. The molecule has 0 bridgehead atoms. The van der Waals surface area contributed by atoms with E-state index in [1.807, 2.05) is 0 Å². The zero-order chi connectivity index (χ0) is 15.4. The highest BCUT2D eigenvalue weighted by Crippen LogP contribution is 2.18. The summed E-state index contributed by atoms with van der Waals surface area (Å²) in [5, 5.41) is 2.08. The third kappa shape index (κ3) is 3.55. The van der Waals surface area contributed by atoms with Crippen LogP contribution in [0.3, 0.4) is 0 Å². The standard InChI is InChI=1S/C15H19N3O2S2/c19-22(20,15-5-1-6-16-12-15)18-8-3-7-17(9-10-18)13-14-4-2-11-21-14/h1-2,4-6,11-12H,3,7-10,13H2. The maximum absolute atomic E-state index is 12.6. The summed E-state index contributed by atoms with van der Waals surface area (Å²) >= 11 is 1.74. The van der Waals surface area contributed by atoms with Crippen LogP contribution >= 0.6 is 11.3 Å². The van der Waals surface area contributed by atoms with Crippen molar-refractivity contribution in [3.8, 4) is 0 Å². The van der Waals surface area contributed by atoms with Gasteiger partial charge < -0.3 is 0 Å². The first-order chi connectivity index (χ1) is 10.7. The van der Waals surface area contributed by atoms with Crippen molar-refractivity contribution in [2.45, 2.75) is 17.9 Å². The van der Waals surface area contributed by atoms with Gasteiger partial charge in [0.1, 0.15) is 4.90 Å². The molecule has 22 heavy (non-hydrogen) atoms. The Balaban J connectivity index is 1.67. The summed E-state index contributed by atoms with van der Waals surface area (Å²) in [6.45, 7) is 3.69. The summed E-state index contributed by atoms with van der Waals surface area (Å²) in [6, 6.07) is 7.45. The minimum Gasteiger partial charge on any atom is -0.297 e. The highest BCUT2D eigenvalue weighted by atomic mass is 32.2. The van der Waals surface area contributed by atoms with Crippen LogP contribution in [-0.4, -0.2) is 48.8 Å². The number of sulfonamides is 1. The molecule has 118 valence electrons. The van der Waals surface area contributed by atoms with Crippen LogP contribution in [0.2, 0.25) is 0 Å². The number of hydrogen-bond donors (Lipinski definition) is 0. The Bertz CT molecular complexity index is 687. The molecule has 3 rings (SSSR count). The van der Waals surface area contributed by atoms with E-state index in [1.54, 1.807) is 34.0 Å². The zero-order valence-corrected chi connectivity index (χ0v) is 13.9. The van der Waals surface area contributed by atoms with E-state index < -0.39 is 10.0 Å². The lowest BCUT2D eigenvalue weighted by Gasteiger charge is -2.21. The summed E-state index contributed by atoms with van der Waals surface area (Å²) in [5.41, 5.74) is 0. The van der Waals surface area contributed by atoms with Gasteiger partial charge in [-0.25, -0.2) is 8.42 Å². The molecule has 0 amide bonds. The largest absolute Gasteiger partial charge is 0.297 e. The fourth-order valence-corrected chi connectivity index (χ4v) is 4.80. The SMILES string of the molecule is O=S(=O)(c1cccnc1)N1CCCN(Cc2cccs2)CC1. The molecule has 7 heteroatoms. The molecule has 0 N–H and O–H groups in total. The molecule has 0 saturated carbocycles. The summed E-state index contributed by atoms with van der Waals surface area (Å²) in [6.07, 6.45) is 3.86.